The maximum atomic E-state index is 5.90. The summed E-state index contributed by atoms with van der Waals surface area (Å²) in [7, 11) is 3.83. The highest BCUT2D eigenvalue weighted by molar-refractivity contribution is 5.09. The van der Waals surface area contributed by atoms with Gasteiger partial charge in [-0.3, -0.25) is 4.68 Å². The van der Waals surface area contributed by atoms with Crippen molar-refractivity contribution >= 4 is 0 Å². The lowest BCUT2D eigenvalue weighted by Gasteiger charge is -2.34. The average molecular weight is 279 g/mol. The molecule has 4 nitrogen and oxygen atoms in total. The zero-order chi connectivity index (χ0) is 14.4. The Hall–Kier alpha value is -0.870. The van der Waals surface area contributed by atoms with Crippen LogP contribution in [0.25, 0.3) is 0 Å². The molecule has 4 heteroatoms. The number of hydrogen-bond donors (Lipinski definition) is 1. The number of methoxy groups -OCH3 is 1. The maximum Gasteiger partial charge on any atom is 0.0820 e. The molecule has 20 heavy (non-hydrogen) atoms. The van der Waals surface area contributed by atoms with Gasteiger partial charge in [-0.1, -0.05) is 26.2 Å². The van der Waals surface area contributed by atoms with Gasteiger partial charge in [-0.05, 0) is 37.8 Å². The number of hydrogen-bond acceptors (Lipinski definition) is 3. The minimum atomic E-state index is 0.212. The van der Waals surface area contributed by atoms with E-state index in [1.807, 2.05) is 25.0 Å². The molecule has 0 radical (unpaired) electrons. The highest BCUT2D eigenvalue weighted by atomic mass is 16.5. The van der Waals surface area contributed by atoms with E-state index in [4.69, 9.17) is 4.74 Å². The monoisotopic (exact) mass is 279 g/mol. The lowest BCUT2D eigenvalue weighted by Crippen LogP contribution is -2.39. The van der Waals surface area contributed by atoms with E-state index in [0.29, 0.717) is 5.92 Å². The minimum Gasteiger partial charge on any atom is -0.379 e. The van der Waals surface area contributed by atoms with E-state index >= 15 is 0 Å². The Kier molecular flexibility index (Phi) is 6.05. The first-order valence-electron chi connectivity index (χ1n) is 8.02. The molecule has 1 N–H and O–H groups in total. The Bertz CT molecular complexity index is 385. The van der Waals surface area contributed by atoms with Crippen LogP contribution in [0.2, 0.25) is 0 Å². The highest BCUT2D eigenvalue weighted by Gasteiger charge is 2.32. The van der Waals surface area contributed by atoms with Crippen molar-refractivity contribution in [1.82, 2.24) is 15.1 Å². The topological polar surface area (TPSA) is 39.1 Å². The van der Waals surface area contributed by atoms with Gasteiger partial charge in [0.15, 0.2) is 0 Å². The molecule has 114 valence electrons. The summed E-state index contributed by atoms with van der Waals surface area (Å²) in [6.45, 7) is 3.21. The molecule has 0 aliphatic heterocycles. The summed E-state index contributed by atoms with van der Waals surface area (Å²) in [6, 6.07) is 2.33. The Balaban J connectivity index is 2.13. The van der Waals surface area contributed by atoms with Gasteiger partial charge in [0.05, 0.1) is 17.8 Å². The smallest absolute Gasteiger partial charge is 0.0820 e. The van der Waals surface area contributed by atoms with Gasteiger partial charge in [-0.15, -0.1) is 0 Å². The van der Waals surface area contributed by atoms with E-state index in [0.717, 1.165) is 18.7 Å². The predicted molar refractivity (Wildman–Crippen MR) is 81.6 cm³/mol. The third kappa shape index (κ3) is 3.83. The summed E-state index contributed by atoms with van der Waals surface area (Å²) in [6.07, 6.45) is 10.0. The molecule has 2 unspecified atom stereocenters. The van der Waals surface area contributed by atoms with Gasteiger partial charge in [0, 0.05) is 20.4 Å². The molecule has 0 aromatic carbocycles. The third-order valence-corrected chi connectivity index (χ3v) is 4.38. The summed E-state index contributed by atoms with van der Waals surface area (Å²) in [5.74, 6) is 0.658. The number of aryl methyl sites for hydroxylation is 1. The van der Waals surface area contributed by atoms with Crippen LogP contribution in [0.5, 0.6) is 0 Å². The Morgan fingerprint density at radius 2 is 2.15 bits per heavy atom. The first kappa shape index (κ1) is 15.5. The number of aromatic nitrogens is 2. The van der Waals surface area contributed by atoms with Crippen LogP contribution in [0.4, 0.5) is 0 Å². The second kappa shape index (κ2) is 7.79. The maximum absolute atomic E-state index is 5.90. The second-order valence-corrected chi connectivity index (χ2v) is 5.94. The molecular formula is C16H29N3O. The van der Waals surface area contributed by atoms with Crippen molar-refractivity contribution in [2.75, 3.05) is 13.7 Å². The van der Waals surface area contributed by atoms with Crippen LogP contribution in [0.15, 0.2) is 12.3 Å². The highest BCUT2D eigenvalue weighted by Crippen LogP contribution is 2.33. The van der Waals surface area contributed by atoms with Gasteiger partial charge < -0.3 is 10.1 Å². The first-order valence-corrected chi connectivity index (χ1v) is 8.02. The number of rotatable bonds is 7. The van der Waals surface area contributed by atoms with Crippen molar-refractivity contribution in [1.29, 1.82) is 0 Å². The number of nitrogens with zero attached hydrogens (tertiary/aromatic N) is 2. The fourth-order valence-corrected chi connectivity index (χ4v) is 3.35. The lowest BCUT2D eigenvalue weighted by molar-refractivity contribution is 0.00640. The molecule has 1 saturated carbocycles. The molecule has 0 saturated heterocycles. The fourth-order valence-electron chi connectivity index (χ4n) is 3.35. The van der Waals surface area contributed by atoms with Gasteiger partial charge in [0.2, 0.25) is 0 Å². The van der Waals surface area contributed by atoms with Crippen molar-refractivity contribution in [3.05, 3.63) is 18.0 Å². The van der Waals surface area contributed by atoms with Crippen LogP contribution >= 0.6 is 0 Å². The van der Waals surface area contributed by atoms with E-state index < -0.39 is 0 Å². The molecule has 1 aromatic heterocycles. The Morgan fingerprint density at radius 1 is 1.40 bits per heavy atom. The van der Waals surface area contributed by atoms with Crippen molar-refractivity contribution in [3.8, 4) is 0 Å². The summed E-state index contributed by atoms with van der Waals surface area (Å²) in [5, 5.41) is 8.25. The minimum absolute atomic E-state index is 0.212. The van der Waals surface area contributed by atoms with Crippen LogP contribution in [-0.4, -0.2) is 29.5 Å². The van der Waals surface area contributed by atoms with E-state index in [2.05, 4.69) is 23.4 Å². The zero-order valence-corrected chi connectivity index (χ0v) is 13.1. The average Bonchev–Trinajstić information content (AvgIpc) is 2.90. The molecule has 0 spiro atoms. The van der Waals surface area contributed by atoms with Crippen LogP contribution < -0.4 is 5.32 Å². The standard InChI is InChI=1S/C16H29N3O/c1-4-11-17-15(14-10-12-19(2)18-14)16(20-3)13-8-6-5-7-9-13/h10,12-13,15-17H,4-9,11H2,1-3H3. The van der Waals surface area contributed by atoms with Gasteiger partial charge in [0.25, 0.3) is 0 Å². The molecule has 1 aliphatic rings. The van der Waals surface area contributed by atoms with Crippen molar-refractivity contribution < 1.29 is 4.74 Å². The summed E-state index contributed by atoms with van der Waals surface area (Å²) in [5.41, 5.74) is 1.11. The normalized spacial score (nSPS) is 19.9. The van der Waals surface area contributed by atoms with Gasteiger partial charge in [-0.25, -0.2) is 0 Å². The van der Waals surface area contributed by atoms with E-state index in [1.165, 1.54) is 32.1 Å². The lowest BCUT2D eigenvalue weighted by atomic mass is 9.82. The van der Waals surface area contributed by atoms with Gasteiger partial charge in [0.1, 0.15) is 0 Å². The van der Waals surface area contributed by atoms with E-state index in [9.17, 15) is 0 Å². The van der Waals surface area contributed by atoms with Crippen molar-refractivity contribution in [3.63, 3.8) is 0 Å². The summed E-state index contributed by atoms with van der Waals surface area (Å²) >= 11 is 0. The van der Waals surface area contributed by atoms with Crippen LogP contribution in [0.3, 0.4) is 0 Å². The Labute approximate surface area is 122 Å². The van der Waals surface area contributed by atoms with Crippen molar-refractivity contribution in [2.45, 2.75) is 57.6 Å². The second-order valence-electron chi connectivity index (χ2n) is 5.94. The predicted octanol–water partition coefficient (Wildman–Crippen LogP) is 3.06. The van der Waals surface area contributed by atoms with Gasteiger partial charge in [-0.2, -0.15) is 5.10 Å². The quantitative estimate of drug-likeness (QED) is 0.834. The van der Waals surface area contributed by atoms with Gasteiger partial charge >= 0.3 is 0 Å². The Morgan fingerprint density at radius 3 is 2.70 bits per heavy atom. The molecule has 1 aromatic rings. The summed E-state index contributed by atoms with van der Waals surface area (Å²) < 4.78 is 7.78. The molecule has 0 amide bonds. The molecule has 2 atom stereocenters. The van der Waals surface area contributed by atoms with Crippen LogP contribution in [0, 0.1) is 5.92 Å². The molecule has 2 rings (SSSR count). The SMILES string of the molecule is CCCNC(c1ccn(C)n1)C(OC)C1CCCCC1. The molecule has 1 fully saturated rings. The number of nitrogens with one attached hydrogen (secondary N) is 1. The summed E-state index contributed by atoms with van der Waals surface area (Å²) in [4.78, 5) is 0. The zero-order valence-electron chi connectivity index (χ0n) is 13.1. The molecular weight excluding hydrogens is 250 g/mol. The van der Waals surface area contributed by atoms with Crippen LogP contribution in [-0.2, 0) is 11.8 Å². The van der Waals surface area contributed by atoms with E-state index in [1.54, 1.807) is 0 Å². The molecule has 1 aliphatic carbocycles. The van der Waals surface area contributed by atoms with E-state index in [-0.39, 0.29) is 12.1 Å². The first-order chi connectivity index (χ1) is 9.76. The molecule has 0 bridgehead atoms. The van der Waals surface area contributed by atoms with Crippen LogP contribution in [0.1, 0.15) is 57.2 Å². The largest absolute Gasteiger partial charge is 0.379 e. The number of ether oxygens (including phenoxy) is 1. The van der Waals surface area contributed by atoms with Crippen molar-refractivity contribution in [2.24, 2.45) is 13.0 Å². The fraction of sp³-hybridized carbons (Fsp3) is 0.812. The third-order valence-electron chi connectivity index (χ3n) is 4.38. The molecule has 1 heterocycles.